The number of aromatic amines is 1. The van der Waals surface area contributed by atoms with E-state index in [2.05, 4.69) is 43.9 Å². The molecule has 2 aromatic heterocycles. The fourth-order valence-corrected chi connectivity index (χ4v) is 2.35. The lowest BCUT2D eigenvalue weighted by Crippen LogP contribution is -1.96. The van der Waals surface area contributed by atoms with Gasteiger partial charge in [-0.25, -0.2) is 0 Å². The highest BCUT2D eigenvalue weighted by Gasteiger charge is 2.25. The van der Waals surface area contributed by atoms with Crippen LogP contribution in [0.2, 0.25) is 0 Å². The summed E-state index contributed by atoms with van der Waals surface area (Å²) < 4.78 is 0. The van der Waals surface area contributed by atoms with E-state index in [0.717, 1.165) is 16.9 Å². The van der Waals surface area contributed by atoms with Crippen LogP contribution in [-0.4, -0.2) is 20.4 Å². The van der Waals surface area contributed by atoms with Crippen molar-refractivity contribution in [1.29, 1.82) is 0 Å². The van der Waals surface area contributed by atoms with Crippen LogP contribution in [0.25, 0.3) is 11.1 Å². The van der Waals surface area contributed by atoms with E-state index < -0.39 is 0 Å². The highest BCUT2D eigenvalue weighted by atomic mass is 15.2. The molecule has 1 fully saturated rings. The van der Waals surface area contributed by atoms with E-state index in [0.29, 0.717) is 11.7 Å². The Balaban J connectivity index is 1.57. The second kappa shape index (κ2) is 5.01. The number of hydrogen-bond donors (Lipinski definition) is 2. The van der Waals surface area contributed by atoms with Crippen molar-refractivity contribution < 1.29 is 0 Å². The van der Waals surface area contributed by atoms with Gasteiger partial charge in [0.05, 0.1) is 6.20 Å². The summed E-state index contributed by atoms with van der Waals surface area (Å²) in [7, 11) is 0. The number of rotatable bonds is 4. The zero-order chi connectivity index (χ0) is 14.1. The average molecular weight is 277 g/mol. The van der Waals surface area contributed by atoms with Crippen LogP contribution < -0.4 is 5.32 Å². The first-order valence-electron chi connectivity index (χ1n) is 7.09. The third kappa shape index (κ3) is 2.63. The Morgan fingerprint density at radius 2 is 1.86 bits per heavy atom. The van der Waals surface area contributed by atoms with Gasteiger partial charge < -0.3 is 5.32 Å². The smallest absolute Gasteiger partial charge is 0.154 e. The summed E-state index contributed by atoms with van der Waals surface area (Å²) in [5.41, 5.74) is 3.35. The van der Waals surface area contributed by atoms with E-state index in [-0.39, 0.29) is 0 Å². The molecule has 3 aromatic rings. The van der Waals surface area contributed by atoms with E-state index in [9.17, 15) is 0 Å². The molecule has 1 aliphatic rings. The largest absolute Gasteiger partial charge is 0.322 e. The summed E-state index contributed by atoms with van der Waals surface area (Å²) in [5, 5.41) is 18.7. The highest BCUT2D eigenvalue weighted by molar-refractivity contribution is 5.66. The van der Waals surface area contributed by atoms with Crippen molar-refractivity contribution in [3.05, 3.63) is 54.4 Å². The topological polar surface area (TPSA) is 66.5 Å². The second-order valence-electron chi connectivity index (χ2n) is 5.30. The maximum atomic E-state index is 4.27. The molecule has 5 nitrogen and oxygen atoms in total. The molecule has 5 heteroatoms. The molecule has 1 aliphatic carbocycles. The van der Waals surface area contributed by atoms with Gasteiger partial charge in [0, 0.05) is 23.2 Å². The maximum Gasteiger partial charge on any atom is 0.154 e. The Labute approximate surface area is 122 Å². The van der Waals surface area contributed by atoms with Crippen LogP contribution in [0.3, 0.4) is 0 Å². The summed E-state index contributed by atoms with van der Waals surface area (Å²) in [6.07, 6.45) is 4.27. The zero-order valence-electron chi connectivity index (χ0n) is 11.5. The van der Waals surface area contributed by atoms with Gasteiger partial charge >= 0.3 is 0 Å². The summed E-state index contributed by atoms with van der Waals surface area (Å²) in [6, 6.07) is 14.2. The number of nitrogens with one attached hydrogen (secondary N) is 2. The number of hydrogen-bond acceptors (Lipinski definition) is 4. The lowest BCUT2D eigenvalue weighted by atomic mass is 10.1. The van der Waals surface area contributed by atoms with Crippen molar-refractivity contribution in [3.63, 3.8) is 0 Å². The van der Waals surface area contributed by atoms with Crippen molar-refractivity contribution in [2.45, 2.75) is 18.8 Å². The number of nitrogens with zero attached hydrogens (tertiary/aromatic N) is 3. The molecule has 1 saturated carbocycles. The van der Waals surface area contributed by atoms with Crippen LogP contribution in [0.4, 0.5) is 11.6 Å². The minimum Gasteiger partial charge on any atom is -0.322 e. The van der Waals surface area contributed by atoms with Crippen LogP contribution in [-0.2, 0) is 0 Å². The Morgan fingerprint density at radius 3 is 2.67 bits per heavy atom. The van der Waals surface area contributed by atoms with E-state index in [1.165, 1.54) is 18.5 Å². The van der Waals surface area contributed by atoms with Gasteiger partial charge in [0.1, 0.15) is 0 Å². The highest BCUT2D eigenvalue weighted by Crippen LogP contribution is 2.39. The second-order valence-corrected chi connectivity index (χ2v) is 5.30. The predicted molar refractivity (Wildman–Crippen MR) is 81.3 cm³/mol. The first-order valence-corrected chi connectivity index (χ1v) is 7.09. The van der Waals surface area contributed by atoms with Crippen LogP contribution >= 0.6 is 0 Å². The molecule has 2 heterocycles. The van der Waals surface area contributed by atoms with E-state index in [4.69, 9.17) is 0 Å². The number of anilines is 2. The fraction of sp³-hybridized carbons (Fsp3) is 0.188. The Hall–Kier alpha value is -2.69. The molecule has 21 heavy (non-hydrogen) atoms. The van der Waals surface area contributed by atoms with Gasteiger partial charge in [0.2, 0.25) is 0 Å². The minimum atomic E-state index is 0.662. The molecule has 4 rings (SSSR count). The van der Waals surface area contributed by atoms with Crippen molar-refractivity contribution in [3.8, 4) is 11.1 Å². The van der Waals surface area contributed by atoms with Gasteiger partial charge in [-0.2, -0.15) is 10.2 Å². The molecule has 0 unspecified atom stereocenters. The van der Waals surface area contributed by atoms with Gasteiger partial charge in [-0.3, -0.25) is 5.10 Å². The van der Waals surface area contributed by atoms with Crippen LogP contribution in [0.1, 0.15) is 24.5 Å². The minimum absolute atomic E-state index is 0.662. The first-order chi connectivity index (χ1) is 10.4. The first kappa shape index (κ1) is 12.1. The van der Waals surface area contributed by atoms with E-state index in [1.54, 1.807) is 6.20 Å². The van der Waals surface area contributed by atoms with Crippen molar-refractivity contribution in [1.82, 2.24) is 20.4 Å². The molecule has 2 N–H and O–H groups in total. The van der Waals surface area contributed by atoms with Crippen LogP contribution in [0.15, 0.2) is 48.7 Å². The monoisotopic (exact) mass is 277 g/mol. The van der Waals surface area contributed by atoms with Crippen LogP contribution in [0.5, 0.6) is 0 Å². The molecule has 0 radical (unpaired) electrons. The van der Waals surface area contributed by atoms with Gasteiger partial charge in [0.25, 0.3) is 0 Å². The number of H-pyrrole nitrogens is 1. The molecule has 104 valence electrons. The fourth-order valence-electron chi connectivity index (χ4n) is 2.35. The summed E-state index contributed by atoms with van der Waals surface area (Å²) >= 11 is 0. The average Bonchev–Trinajstić information content (AvgIpc) is 3.29. The normalized spacial score (nSPS) is 14.1. The molecular weight excluding hydrogens is 262 g/mol. The van der Waals surface area contributed by atoms with Gasteiger partial charge in [-0.1, -0.05) is 30.3 Å². The molecule has 0 bridgehead atoms. The number of aromatic nitrogens is 4. The summed E-state index contributed by atoms with van der Waals surface area (Å²) in [4.78, 5) is 0. The van der Waals surface area contributed by atoms with Crippen LogP contribution in [0, 0.1) is 0 Å². The maximum absolute atomic E-state index is 4.27. The summed E-state index contributed by atoms with van der Waals surface area (Å²) in [5.74, 6) is 2.15. The number of benzene rings is 1. The van der Waals surface area contributed by atoms with E-state index in [1.807, 2.05) is 24.3 Å². The Kier molecular flexibility index (Phi) is 2.88. The molecular formula is C16H15N5. The Morgan fingerprint density at radius 1 is 1.00 bits per heavy atom. The molecule has 0 amide bonds. The third-order valence-electron chi connectivity index (χ3n) is 3.63. The molecule has 0 aliphatic heterocycles. The van der Waals surface area contributed by atoms with Crippen molar-refractivity contribution in [2.24, 2.45) is 0 Å². The zero-order valence-corrected chi connectivity index (χ0v) is 11.5. The lowest BCUT2D eigenvalue weighted by Gasteiger charge is -2.04. The molecule has 0 spiro atoms. The molecule has 1 aromatic carbocycles. The van der Waals surface area contributed by atoms with Gasteiger partial charge in [-0.05, 0) is 24.5 Å². The lowest BCUT2D eigenvalue weighted by molar-refractivity contribution is 0.964. The van der Waals surface area contributed by atoms with Gasteiger partial charge in [0.15, 0.2) is 11.6 Å². The predicted octanol–water partition coefficient (Wildman–Crippen LogP) is 3.49. The van der Waals surface area contributed by atoms with Gasteiger partial charge in [-0.15, -0.1) is 5.10 Å². The SMILES string of the molecule is c1ccc(-c2cnnc(Nc3cc(C4CC4)[nH]n3)c2)cc1. The van der Waals surface area contributed by atoms with E-state index >= 15 is 0 Å². The third-order valence-corrected chi connectivity index (χ3v) is 3.63. The Bertz CT molecular complexity index is 746. The van der Waals surface area contributed by atoms with Crippen molar-refractivity contribution >= 4 is 11.6 Å². The summed E-state index contributed by atoms with van der Waals surface area (Å²) in [6.45, 7) is 0. The standard InChI is InChI=1S/C16H15N5/c1-2-4-11(5-3-1)13-8-15(20-17-10-13)18-16-9-14(19-21-16)12-6-7-12/h1-5,8-10,12H,6-7H2,(H2,18,19,20,21). The molecule has 0 atom stereocenters. The molecule has 0 saturated heterocycles. The quantitative estimate of drug-likeness (QED) is 0.766. The van der Waals surface area contributed by atoms with Crippen molar-refractivity contribution in [2.75, 3.05) is 5.32 Å².